The summed E-state index contributed by atoms with van der Waals surface area (Å²) in [6.07, 6.45) is 3.45. The quantitative estimate of drug-likeness (QED) is 0.938. The maximum atomic E-state index is 12.5. The number of hydrogen-bond acceptors (Lipinski definition) is 3. The standard InChI is InChI=1S/C17H21N3O/c1-12-4-6-15(7-5-12)16(18)17(21)20(3)13(2)14-8-10-19-11-9-14/h4-11,13,16H,18H2,1-3H3. The number of likely N-dealkylation sites (N-methyl/N-ethyl adjacent to an activating group) is 1. The molecule has 4 nitrogen and oxygen atoms in total. The van der Waals surface area contributed by atoms with Gasteiger partial charge in [-0.15, -0.1) is 0 Å². The normalized spacial score (nSPS) is 13.5. The van der Waals surface area contributed by atoms with Crippen molar-refractivity contribution in [3.8, 4) is 0 Å². The van der Waals surface area contributed by atoms with Crippen LogP contribution in [0.15, 0.2) is 48.8 Å². The van der Waals surface area contributed by atoms with E-state index in [4.69, 9.17) is 5.73 Å². The zero-order chi connectivity index (χ0) is 15.4. The van der Waals surface area contributed by atoms with Crippen molar-refractivity contribution < 1.29 is 4.79 Å². The molecule has 4 heteroatoms. The summed E-state index contributed by atoms with van der Waals surface area (Å²) in [6, 6.07) is 10.9. The highest BCUT2D eigenvalue weighted by atomic mass is 16.2. The van der Waals surface area contributed by atoms with Crippen LogP contribution in [0.25, 0.3) is 0 Å². The smallest absolute Gasteiger partial charge is 0.244 e. The van der Waals surface area contributed by atoms with Crippen molar-refractivity contribution in [3.63, 3.8) is 0 Å². The zero-order valence-corrected chi connectivity index (χ0v) is 12.7. The number of nitrogens with two attached hydrogens (primary N) is 1. The predicted molar refractivity (Wildman–Crippen MR) is 83.5 cm³/mol. The molecule has 2 unspecified atom stereocenters. The lowest BCUT2D eigenvalue weighted by atomic mass is 10.0. The SMILES string of the molecule is Cc1ccc(C(N)C(=O)N(C)C(C)c2ccncc2)cc1. The summed E-state index contributed by atoms with van der Waals surface area (Å²) in [4.78, 5) is 18.2. The van der Waals surface area contributed by atoms with E-state index in [1.54, 1.807) is 24.3 Å². The molecule has 0 aliphatic carbocycles. The van der Waals surface area contributed by atoms with Crippen molar-refractivity contribution in [2.24, 2.45) is 5.73 Å². The average molecular weight is 283 g/mol. The van der Waals surface area contributed by atoms with Gasteiger partial charge in [0.25, 0.3) is 0 Å². The van der Waals surface area contributed by atoms with Gasteiger partial charge in [0.05, 0.1) is 6.04 Å². The minimum Gasteiger partial charge on any atom is -0.337 e. The third-order valence-corrected chi connectivity index (χ3v) is 3.82. The van der Waals surface area contributed by atoms with E-state index in [0.29, 0.717) is 0 Å². The van der Waals surface area contributed by atoms with E-state index in [2.05, 4.69) is 4.98 Å². The van der Waals surface area contributed by atoms with Crippen molar-refractivity contribution >= 4 is 5.91 Å². The molecule has 1 amide bonds. The molecule has 0 saturated heterocycles. The summed E-state index contributed by atoms with van der Waals surface area (Å²) in [6.45, 7) is 3.99. The lowest BCUT2D eigenvalue weighted by Crippen LogP contribution is -2.37. The molecule has 2 N–H and O–H groups in total. The lowest BCUT2D eigenvalue weighted by molar-refractivity contribution is -0.133. The van der Waals surface area contributed by atoms with Crippen LogP contribution >= 0.6 is 0 Å². The summed E-state index contributed by atoms with van der Waals surface area (Å²) < 4.78 is 0. The van der Waals surface area contributed by atoms with E-state index in [-0.39, 0.29) is 11.9 Å². The van der Waals surface area contributed by atoms with Gasteiger partial charge in [-0.2, -0.15) is 0 Å². The number of nitrogens with zero attached hydrogens (tertiary/aromatic N) is 2. The van der Waals surface area contributed by atoms with Crippen LogP contribution in [0.3, 0.4) is 0 Å². The molecular formula is C17H21N3O. The molecule has 0 fully saturated rings. The number of carbonyl (C=O) groups is 1. The number of aryl methyl sites for hydroxylation is 1. The molecular weight excluding hydrogens is 262 g/mol. The molecule has 2 aromatic rings. The number of carbonyl (C=O) groups excluding carboxylic acids is 1. The van der Waals surface area contributed by atoms with E-state index < -0.39 is 6.04 Å². The molecule has 0 radical (unpaired) electrons. The van der Waals surface area contributed by atoms with E-state index in [0.717, 1.165) is 16.7 Å². The van der Waals surface area contributed by atoms with Crippen LogP contribution in [0.1, 0.15) is 35.7 Å². The van der Waals surface area contributed by atoms with E-state index >= 15 is 0 Å². The molecule has 1 aromatic heterocycles. The van der Waals surface area contributed by atoms with Crippen LogP contribution in [-0.4, -0.2) is 22.8 Å². The second-order valence-corrected chi connectivity index (χ2v) is 5.29. The summed E-state index contributed by atoms with van der Waals surface area (Å²) in [7, 11) is 1.78. The Bertz CT molecular complexity index is 595. The van der Waals surface area contributed by atoms with Gasteiger partial charge in [0.1, 0.15) is 6.04 Å². The van der Waals surface area contributed by atoms with Crippen molar-refractivity contribution in [1.29, 1.82) is 0 Å². The fourth-order valence-electron chi connectivity index (χ4n) is 2.19. The number of amides is 1. The fraction of sp³-hybridized carbons (Fsp3) is 0.294. The highest BCUT2D eigenvalue weighted by Crippen LogP contribution is 2.22. The van der Waals surface area contributed by atoms with Crippen molar-refractivity contribution in [3.05, 3.63) is 65.5 Å². The van der Waals surface area contributed by atoms with Gasteiger partial charge in [0.2, 0.25) is 5.91 Å². The van der Waals surface area contributed by atoms with Crippen molar-refractivity contribution in [1.82, 2.24) is 9.88 Å². The lowest BCUT2D eigenvalue weighted by Gasteiger charge is -2.28. The van der Waals surface area contributed by atoms with Crippen LogP contribution in [0, 0.1) is 6.92 Å². The largest absolute Gasteiger partial charge is 0.337 e. The summed E-state index contributed by atoms with van der Waals surface area (Å²) in [5, 5.41) is 0. The Morgan fingerprint density at radius 3 is 2.24 bits per heavy atom. The number of pyridine rings is 1. The molecule has 0 aliphatic rings. The Balaban J connectivity index is 2.13. The molecule has 0 aliphatic heterocycles. The third-order valence-electron chi connectivity index (χ3n) is 3.82. The van der Waals surface area contributed by atoms with Gasteiger partial charge in [-0.1, -0.05) is 29.8 Å². The summed E-state index contributed by atoms with van der Waals surface area (Å²) in [5.41, 5.74) is 9.12. The van der Waals surface area contributed by atoms with Crippen LogP contribution < -0.4 is 5.73 Å². The molecule has 110 valence electrons. The molecule has 21 heavy (non-hydrogen) atoms. The first-order chi connectivity index (χ1) is 10.0. The number of hydrogen-bond donors (Lipinski definition) is 1. The average Bonchev–Trinajstić information content (AvgIpc) is 2.53. The second kappa shape index (κ2) is 6.50. The monoisotopic (exact) mass is 283 g/mol. The van der Waals surface area contributed by atoms with Gasteiger partial charge >= 0.3 is 0 Å². The Morgan fingerprint density at radius 1 is 1.10 bits per heavy atom. The molecule has 2 rings (SSSR count). The highest BCUT2D eigenvalue weighted by molar-refractivity contribution is 5.83. The van der Waals surface area contributed by atoms with Crippen LogP contribution in [0.4, 0.5) is 0 Å². The molecule has 0 saturated carbocycles. The van der Waals surface area contributed by atoms with Crippen molar-refractivity contribution in [2.75, 3.05) is 7.05 Å². The molecule has 0 bridgehead atoms. The van der Waals surface area contributed by atoms with Gasteiger partial charge in [0.15, 0.2) is 0 Å². The van der Waals surface area contributed by atoms with Crippen LogP contribution in [0.5, 0.6) is 0 Å². The number of rotatable bonds is 4. The minimum absolute atomic E-state index is 0.0444. The maximum Gasteiger partial charge on any atom is 0.244 e. The fourth-order valence-corrected chi connectivity index (χ4v) is 2.19. The van der Waals surface area contributed by atoms with E-state index in [1.807, 2.05) is 50.2 Å². The van der Waals surface area contributed by atoms with Gasteiger partial charge < -0.3 is 10.6 Å². The third kappa shape index (κ3) is 3.47. The molecule has 1 heterocycles. The molecule has 2 atom stereocenters. The van der Waals surface area contributed by atoms with Crippen LogP contribution in [0.2, 0.25) is 0 Å². The number of aromatic nitrogens is 1. The summed E-state index contributed by atoms with van der Waals surface area (Å²) >= 11 is 0. The van der Waals surface area contributed by atoms with E-state index in [9.17, 15) is 4.79 Å². The van der Waals surface area contributed by atoms with Gasteiger partial charge in [-0.3, -0.25) is 9.78 Å². The summed E-state index contributed by atoms with van der Waals surface area (Å²) in [5.74, 6) is -0.0943. The first kappa shape index (κ1) is 15.2. The minimum atomic E-state index is -0.639. The maximum absolute atomic E-state index is 12.5. The second-order valence-electron chi connectivity index (χ2n) is 5.29. The van der Waals surface area contributed by atoms with Crippen LogP contribution in [-0.2, 0) is 4.79 Å². The van der Waals surface area contributed by atoms with Crippen molar-refractivity contribution in [2.45, 2.75) is 25.9 Å². The van der Waals surface area contributed by atoms with Gasteiger partial charge in [-0.05, 0) is 37.1 Å². The molecule has 0 spiro atoms. The Labute approximate surface area is 125 Å². The zero-order valence-electron chi connectivity index (χ0n) is 12.7. The Morgan fingerprint density at radius 2 is 1.67 bits per heavy atom. The Kier molecular flexibility index (Phi) is 4.70. The Hall–Kier alpha value is -2.20. The topological polar surface area (TPSA) is 59.2 Å². The predicted octanol–water partition coefficient (Wildman–Crippen LogP) is 2.61. The van der Waals surface area contributed by atoms with Gasteiger partial charge in [-0.25, -0.2) is 0 Å². The highest BCUT2D eigenvalue weighted by Gasteiger charge is 2.24. The first-order valence-electron chi connectivity index (χ1n) is 6.99. The first-order valence-corrected chi connectivity index (χ1v) is 6.99. The van der Waals surface area contributed by atoms with Gasteiger partial charge in [0, 0.05) is 19.4 Å². The number of benzene rings is 1. The molecule has 1 aromatic carbocycles. The van der Waals surface area contributed by atoms with E-state index in [1.165, 1.54) is 0 Å².